The van der Waals surface area contributed by atoms with Gasteiger partial charge in [-0.05, 0) is 35.9 Å². The van der Waals surface area contributed by atoms with Crippen LogP contribution in [0.5, 0.6) is 5.75 Å². The highest BCUT2D eigenvalue weighted by molar-refractivity contribution is 5.95. The largest absolute Gasteiger partial charge is 0.497 e. The van der Waals surface area contributed by atoms with E-state index in [1.807, 2.05) is 42.5 Å². The Labute approximate surface area is 210 Å². The van der Waals surface area contributed by atoms with E-state index >= 15 is 0 Å². The summed E-state index contributed by atoms with van der Waals surface area (Å²) in [5.74, 6) is 2.14. The number of aromatic nitrogens is 8. The van der Waals surface area contributed by atoms with E-state index in [-0.39, 0.29) is 6.04 Å². The molecule has 4 N–H and O–H groups in total. The number of imidazole rings is 1. The maximum atomic E-state index is 5.93. The molecule has 0 amide bonds. The standard InChI is InChI=1S/C26H22N10O/c1-37-16-4-2-3-14(9-16)17-7-8-29-25-22(17)32-26(33-25)24-23-19(34-35-24)6-5-18(31-23)20-10-28-11-21(30-20)36-12-15(27)13-36/h2-11,15H,12-13,27H2,1H3,(H,34,35)(H,29,32,33). The average molecular weight is 491 g/mol. The van der Waals surface area contributed by atoms with Gasteiger partial charge in [0.2, 0.25) is 0 Å². The van der Waals surface area contributed by atoms with Crippen molar-refractivity contribution in [2.45, 2.75) is 6.04 Å². The lowest BCUT2D eigenvalue weighted by Crippen LogP contribution is -2.56. The number of methoxy groups -OCH3 is 1. The van der Waals surface area contributed by atoms with Gasteiger partial charge in [0.05, 0.1) is 30.7 Å². The number of nitrogens with one attached hydrogen (secondary N) is 2. The minimum absolute atomic E-state index is 0.177. The Morgan fingerprint density at radius 1 is 1.00 bits per heavy atom. The van der Waals surface area contributed by atoms with E-state index in [0.29, 0.717) is 34.1 Å². The Morgan fingerprint density at radius 2 is 1.92 bits per heavy atom. The second-order valence-corrected chi connectivity index (χ2v) is 8.97. The molecule has 1 aromatic carbocycles. The van der Waals surface area contributed by atoms with E-state index in [0.717, 1.165) is 46.8 Å². The zero-order chi connectivity index (χ0) is 24.9. The molecule has 0 atom stereocenters. The normalized spacial score (nSPS) is 13.8. The van der Waals surface area contributed by atoms with E-state index in [9.17, 15) is 0 Å². The third-order valence-corrected chi connectivity index (χ3v) is 6.52. The summed E-state index contributed by atoms with van der Waals surface area (Å²) < 4.78 is 5.40. The molecule has 5 aromatic heterocycles. The van der Waals surface area contributed by atoms with Crippen molar-refractivity contribution < 1.29 is 4.74 Å². The van der Waals surface area contributed by atoms with Gasteiger partial charge in [0, 0.05) is 30.9 Å². The van der Waals surface area contributed by atoms with Crippen molar-refractivity contribution in [2.75, 3.05) is 25.1 Å². The monoisotopic (exact) mass is 490 g/mol. The molecule has 1 aliphatic heterocycles. The number of anilines is 1. The van der Waals surface area contributed by atoms with E-state index < -0.39 is 0 Å². The Kier molecular flexibility index (Phi) is 4.83. The van der Waals surface area contributed by atoms with Gasteiger partial charge in [0.25, 0.3) is 0 Å². The van der Waals surface area contributed by atoms with Crippen LogP contribution in [0.2, 0.25) is 0 Å². The molecule has 11 heteroatoms. The quantitative estimate of drug-likeness (QED) is 0.331. The Balaban J connectivity index is 1.30. The summed E-state index contributed by atoms with van der Waals surface area (Å²) in [6.45, 7) is 1.54. The zero-order valence-corrected chi connectivity index (χ0v) is 19.9. The van der Waals surface area contributed by atoms with Crippen molar-refractivity contribution in [2.24, 2.45) is 5.73 Å². The van der Waals surface area contributed by atoms with Crippen molar-refractivity contribution in [3.63, 3.8) is 0 Å². The van der Waals surface area contributed by atoms with Gasteiger partial charge in [-0.25, -0.2) is 19.9 Å². The number of ether oxygens (including phenoxy) is 1. The Bertz CT molecular complexity index is 1770. The van der Waals surface area contributed by atoms with Gasteiger partial charge in [0.15, 0.2) is 17.2 Å². The second-order valence-electron chi connectivity index (χ2n) is 8.97. The molecule has 37 heavy (non-hydrogen) atoms. The molecule has 6 heterocycles. The highest BCUT2D eigenvalue weighted by atomic mass is 16.5. The van der Waals surface area contributed by atoms with Crippen LogP contribution in [0.4, 0.5) is 5.82 Å². The fourth-order valence-electron chi connectivity index (χ4n) is 4.58. The van der Waals surface area contributed by atoms with Gasteiger partial charge in [-0.1, -0.05) is 12.1 Å². The molecule has 1 aliphatic rings. The van der Waals surface area contributed by atoms with Crippen LogP contribution in [0, 0.1) is 0 Å². The van der Waals surface area contributed by atoms with E-state index in [1.54, 1.807) is 25.7 Å². The summed E-state index contributed by atoms with van der Waals surface area (Å²) >= 11 is 0. The minimum Gasteiger partial charge on any atom is -0.497 e. The van der Waals surface area contributed by atoms with Crippen LogP contribution < -0.4 is 15.4 Å². The fraction of sp³-hybridized carbons (Fsp3) is 0.154. The first-order valence-corrected chi connectivity index (χ1v) is 11.8. The third-order valence-electron chi connectivity index (χ3n) is 6.52. The number of rotatable bonds is 5. The number of hydrogen-bond donors (Lipinski definition) is 3. The van der Waals surface area contributed by atoms with Crippen LogP contribution in [0.3, 0.4) is 0 Å². The van der Waals surface area contributed by atoms with Crippen LogP contribution >= 0.6 is 0 Å². The van der Waals surface area contributed by atoms with Gasteiger partial charge in [-0.15, -0.1) is 0 Å². The predicted octanol–water partition coefficient (Wildman–Crippen LogP) is 3.18. The van der Waals surface area contributed by atoms with Crippen molar-refractivity contribution in [1.82, 2.24) is 40.1 Å². The number of pyridine rings is 2. The molecule has 0 spiro atoms. The number of H-pyrrole nitrogens is 2. The predicted molar refractivity (Wildman–Crippen MR) is 140 cm³/mol. The highest BCUT2D eigenvalue weighted by Crippen LogP contribution is 2.32. The third kappa shape index (κ3) is 3.64. The lowest BCUT2D eigenvalue weighted by molar-refractivity contribution is 0.415. The van der Waals surface area contributed by atoms with Gasteiger partial charge in [-0.3, -0.25) is 10.1 Å². The van der Waals surface area contributed by atoms with Crippen LogP contribution in [0.15, 0.2) is 61.1 Å². The number of nitrogens with two attached hydrogens (primary N) is 1. The molecular weight excluding hydrogens is 468 g/mol. The maximum absolute atomic E-state index is 5.93. The molecule has 0 aliphatic carbocycles. The Morgan fingerprint density at radius 3 is 2.78 bits per heavy atom. The summed E-state index contributed by atoms with van der Waals surface area (Å²) in [7, 11) is 1.65. The van der Waals surface area contributed by atoms with Gasteiger partial charge in [-0.2, -0.15) is 5.10 Å². The summed E-state index contributed by atoms with van der Waals surface area (Å²) in [4.78, 5) is 28.8. The Hall–Kier alpha value is -4.90. The summed E-state index contributed by atoms with van der Waals surface area (Å²) in [6.07, 6.45) is 5.22. The van der Waals surface area contributed by atoms with Crippen molar-refractivity contribution in [3.05, 3.63) is 61.1 Å². The lowest BCUT2D eigenvalue weighted by Gasteiger charge is -2.37. The van der Waals surface area contributed by atoms with Gasteiger partial charge in [0.1, 0.15) is 28.3 Å². The number of hydrogen-bond acceptors (Lipinski definition) is 9. The molecule has 0 saturated carbocycles. The second kappa shape index (κ2) is 8.35. The number of fused-ring (bicyclic) bond motifs is 2. The van der Waals surface area contributed by atoms with Crippen LogP contribution in [0.1, 0.15) is 0 Å². The molecule has 11 nitrogen and oxygen atoms in total. The minimum atomic E-state index is 0.177. The summed E-state index contributed by atoms with van der Waals surface area (Å²) in [5, 5.41) is 7.57. The van der Waals surface area contributed by atoms with E-state index in [4.69, 9.17) is 25.4 Å². The van der Waals surface area contributed by atoms with Crippen molar-refractivity contribution in [1.29, 1.82) is 0 Å². The summed E-state index contributed by atoms with van der Waals surface area (Å²) in [6, 6.07) is 13.8. The zero-order valence-electron chi connectivity index (χ0n) is 19.9. The molecule has 0 bridgehead atoms. The fourth-order valence-corrected chi connectivity index (χ4v) is 4.58. The molecule has 7 rings (SSSR count). The highest BCUT2D eigenvalue weighted by Gasteiger charge is 2.25. The van der Waals surface area contributed by atoms with Gasteiger partial charge < -0.3 is 20.4 Å². The molecule has 0 unspecified atom stereocenters. The van der Waals surface area contributed by atoms with Gasteiger partial charge >= 0.3 is 0 Å². The first kappa shape index (κ1) is 21.4. The van der Waals surface area contributed by atoms with Crippen LogP contribution in [0.25, 0.3) is 56.2 Å². The van der Waals surface area contributed by atoms with Crippen LogP contribution in [-0.4, -0.2) is 66.3 Å². The summed E-state index contributed by atoms with van der Waals surface area (Å²) in [5.41, 5.74) is 12.7. The topological polar surface area (TPSA) is 147 Å². The number of benzene rings is 1. The molecule has 1 saturated heterocycles. The molecule has 6 aromatic rings. The molecular formula is C26H22N10O. The van der Waals surface area contributed by atoms with E-state index in [2.05, 4.69) is 30.0 Å². The molecule has 1 fully saturated rings. The number of aromatic amines is 2. The average Bonchev–Trinajstić information content (AvgIpc) is 3.55. The smallest absolute Gasteiger partial charge is 0.162 e. The van der Waals surface area contributed by atoms with Crippen molar-refractivity contribution >= 4 is 28.0 Å². The first-order valence-electron chi connectivity index (χ1n) is 11.8. The maximum Gasteiger partial charge on any atom is 0.162 e. The van der Waals surface area contributed by atoms with Crippen LogP contribution in [-0.2, 0) is 0 Å². The lowest BCUT2D eigenvalue weighted by atomic mass is 10.1. The van der Waals surface area contributed by atoms with E-state index in [1.165, 1.54) is 0 Å². The van der Waals surface area contributed by atoms with Crippen molar-refractivity contribution in [3.8, 4) is 39.8 Å². The molecule has 0 radical (unpaired) electrons. The first-order chi connectivity index (χ1) is 18.2. The molecule has 182 valence electrons. The SMILES string of the molecule is COc1cccc(-c2ccnc3[nH]c(-c4n[nH]c5ccc(-c6cncc(N7CC(N)C7)n6)nc45)nc23)c1. The number of nitrogens with zero attached hydrogens (tertiary/aromatic N) is 7.